The van der Waals surface area contributed by atoms with Gasteiger partial charge in [-0.25, -0.2) is 8.42 Å². The van der Waals surface area contributed by atoms with Crippen molar-refractivity contribution in [2.24, 2.45) is 0 Å². The molecule has 0 N–H and O–H groups in total. The first-order valence-corrected chi connectivity index (χ1v) is 3.94. The molecule has 0 saturated carbocycles. The summed E-state index contributed by atoms with van der Waals surface area (Å²) in [6.07, 6.45) is 0. The lowest BCUT2D eigenvalue weighted by Gasteiger charge is -1.89. The molecular weight excluding hydrogens is 148 g/mol. The topological polar surface area (TPSA) is 34.1 Å². The fourth-order valence-electron chi connectivity index (χ4n) is 0.618. The van der Waals surface area contributed by atoms with Crippen molar-refractivity contribution in [1.29, 1.82) is 0 Å². The van der Waals surface area contributed by atoms with E-state index < -0.39 is 10.7 Å². The second-order valence-corrected chi connectivity index (χ2v) is 2.95. The SMILES string of the molecule is [CH2]c1ccc([SH](=O)=O)cc1. The highest BCUT2D eigenvalue weighted by molar-refractivity contribution is 7.72. The lowest BCUT2D eigenvalue weighted by molar-refractivity contribution is 0.614. The smallest absolute Gasteiger partial charge is 0.168 e. The first-order chi connectivity index (χ1) is 4.70. The molecule has 0 fully saturated rings. The number of thiol groups is 1. The maximum atomic E-state index is 10.3. The molecule has 1 aromatic carbocycles. The number of hydrogen-bond donors (Lipinski definition) is 1. The predicted molar refractivity (Wildman–Crippen MR) is 39.5 cm³/mol. The van der Waals surface area contributed by atoms with E-state index in [1.165, 1.54) is 12.1 Å². The Morgan fingerprint density at radius 3 is 2.00 bits per heavy atom. The van der Waals surface area contributed by atoms with Crippen LogP contribution < -0.4 is 0 Å². The van der Waals surface area contributed by atoms with Crippen LogP contribution in [0.4, 0.5) is 0 Å². The molecule has 0 unspecified atom stereocenters. The lowest BCUT2D eigenvalue weighted by Crippen LogP contribution is -1.78. The molecule has 0 saturated heterocycles. The Labute approximate surface area is 61.5 Å². The molecule has 0 heterocycles. The van der Waals surface area contributed by atoms with Gasteiger partial charge in [-0.15, -0.1) is 0 Å². The summed E-state index contributed by atoms with van der Waals surface area (Å²) in [6.45, 7) is 3.62. The minimum Gasteiger partial charge on any atom is -0.227 e. The van der Waals surface area contributed by atoms with Gasteiger partial charge in [-0.3, -0.25) is 0 Å². The Hall–Kier alpha value is -0.830. The van der Waals surface area contributed by atoms with Crippen LogP contribution >= 0.6 is 0 Å². The first-order valence-electron chi connectivity index (χ1n) is 2.76. The van der Waals surface area contributed by atoms with Crippen LogP contribution in [0.25, 0.3) is 0 Å². The molecule has 0 aromatic heterocycles. The van der Waals surface area contributed by atoms with E-state index in [4.69, 9.17) is 0 Å². The highest BCUT2D eigenvalue weighted by Gasteiger charge is 1.90. The predicted octanol–water partition coefficient (Wildman–Crippen LogP) is 0.839. The highest BCUT2D eigenvalue weighted by Crippen LogP contribution is 2.02. The zero-order chi connectivity index (χ0) is 7.56. The van der Waals surface area contributed by atoms with Crippen LogP contribution in [-0.2, 0) is 10.7 Å². The molecule has 0 aliphatic rings. The van der Waals surface area contributed by atoms with E-state index in [0.29, 0.717) is 4.90 Å². The third kappa shape index (κ3) is 1.57. The Morgan fingerprint density at radius 1 is 1.10 bits per heavy atom. The van der Waals surface area contributed by atoms with Gasteiger partial charge in [0.15, 0.2) is 10.7 Å². The number of hydrogen-bond acceptors (Lipinski definition) is 2. The van der Waals surface area contributed by atoms with Crippen molar-refractivity contribution in [2.45, 2.75) is 4.90 Å². The molecule has 2 nitrogen and oxygen atoms in total. The molecule has 1 aromatic rings. The largest absolute Gasteiger partial charge is 0.227 e. The van der Waals surface area contributed by atoms with Gasteiger partial charge >= 0.3 is 0 Å². The fourth-order valence-corrected chi connectivity index (χ4v) is 1.01. The summed E-state index contributed by atoms with van der Waals surface area (Å²) in [5, 5.41) is 0. The molecule has 0 amide bonds. The van der Waals surface area contributed by atoms with Gasteiger partial charge in [-0.1, -0.05) is 12.1 Å². The average Bonchev–Trinajstić information content (AvgIpc) is 1.88. The molecule has 0 aliphatic heterocycles. The second kappa shape index (κ2) is 2.84. The lowest BCUT2D eigenvalue weighted by atomic mass is 10.2. The highest BCUT2D eigenvalue weighted by atomic mass is 32.2. The maximum absolute atomic E-state index is 10.3. The Morgan fingerprint density at radius 2 is 1.60 bits per heavy atom. The van der Waals surface area contributed by atoms with Gasteiger partial charge in [0.05, 0.1) is 4.90 Å². The normalized spacial score (nSPS) is 10.2. The van der Waals surface area contributed by atoms with Crippen molar-refractivity contribution >= 4 is 10.7 Å². The standard InChI is InChI=1S/C7H7O2S/c1-6-2-4-7(5-3-6)10(8)9/h2-5,10H,1H2. The molecule has 10 heavy (non-hydrogen) atoms. The van der Waals surface area contributed by atoms with Crippen LogP contribution in [0.15, 0.2) is 29.2 Å². The quantitative estimate of drug-likeness (QED) is 0.610. The van der Waals surface area contributed by atoms with Gasteiger partial charge in [-0.05, 0) is 24.6 Å². The molecular formula is C7H7O2S. The van der Waals surface area contributed by atoms with Crippen molar-refractivity contribution in [2.75, 3.05) is 0 Å². The van der Waals surface area contributed by atoms with Crippen LogP contribution in [0.1, 0.15) is 5.56 Å². The summed E-state index contributed by atoms with van der Waals surface area (Å²) >= 11 is 0. The summed E-state index contributed by atoms with van der Waals surface area (Å²) in [4.78, 5) is 0.336. The summed E-state index contributed by atoms with van der Waals surface area (Å²) in [5.74, 6) is 0. The molecule has 1 rings (SSSR count). The molecule has 1 radical (unpaired) electrons. The Kier molecular flexibility index (Phi) is 2.06. The zero-order valence-electron chi connectivity index (χ0n) is 5.28. The maximum Gasteiger partial charge on any atom is 0.168 e. The Balaban J connectivity index is 3.12. The van der Waals surface area contributed by atoms with Crippen molar-refractivity contribution in [3.05, 3.63) is 36.8 Å². The van der Waals surface area contributed by atoms with E-state index in [-0.39, 0.29) is 0 Å². The van der Waals surface area contributed by atoms with Gasteiger partial charge in [0.25, 0.3) is 0 Å². The van der Waals surface area contributed by atoms with Crippen LogP contribution in [-0.4, -0.2) is 8.42 Å². The van der Waals surface area contributed by atoms with Crippen molar-refractivity contribution in [1.82, 2.24) is 0 Å². The van der Waals surface area contributed by atoms with E-state index in [1.54, 1.807) is 12.1 Å². The summed E-state index contributed by atoms with van der Waals surface area (Å²) < 4.78 is 20.7. The van der Waals surface area contributed by atoms with E-state index in [9.17, 15) is 8.42 Å². The minimum absolute atomic E-state index is 0.336. The average molecular weight is 155 g/mol. The van der Waals surface area contributed by atoms with E-state index in [2.05, 4.69) is 6.92 Å². The van der Waals surface area contributed by atoms with Crippen LogP contribution in [0.2, 0.25) is 0 Å². The van der Waals surface area contributed by atoms with Crippen molar-refractivity contribution in [3.8, 4) is 0 Å². The van der Waals surface area contributed by atoms with Crippen LogP contribution in [0.5, 0.6) is 0 Å². The molecule has 0 atom stereocenters. The third-order valence-corrected chi connectivity index (χ3v) is 1.87. The summed E-state index contributed by atoms with van der Waals surface area (Å²) in [5.41, 5.74) is 0.820. The monoisotopic (exact) mass is 155 g/mol. The third-order valence-electron chi connectivity index (χ3n) is 1.15. The number of rotatable bonds is 1. The van der Waals surface area contributed by atoms with Gasteiger partial charge in [0.2, 0.25) is 0 Å². The molecule has 3 heteroatoms. The van der Waals surface area contributed by atoms with Crippen LogP contribution in [0, 0.1) is 6.92 Å². The van der Waals surface area contributed by atoms with Gasteiger partial charge in [0.1, 0.15) is 0 Å². The van der Waals surface area contributed by atoms with Gasteiger partial charge in [-0.2, -0.15) is 0 Å². The minimum atomic E-state index is -2.44. The summed E-state index contributed by atoms with van der Waals surface area (Å²) in [6, 6.07) is 6.41. The Bertz CT molecular complexity index is 277. The molecule has 53 valence electrons. The first kappa shape index (κ1) is 7.28. The second-order valence-electron chi connectivity index (χ2n) is 1.92. The van der Waals surface area contributed by atoms with E-state index in [0.717, 1.165) is 5.56 Å². The molecule has 0 aliphatic carbocycles. The fraction of sp³-hybridized carbons (Fsp3) is 0. The van der Waals surface area contributed by atoms with E-state index >= 15 is 0 Å². The molecule has 0 bridgehead atoms. The number of benzene rings is 1. The molecule has 0 spiro atoms. The zero-order valence-corrected chi connectivity index (χ0v) is 6.17. The van der Waals surface area contributed by atoms with Gasteiger partial charge in [0, 0.05) is 0 Å². The summed E-state index contributed by atoms with van der Waals surface area (Å²) in [7, 11) is -2.44. The van der Waals surface area contributed by atoms with Crippen molar-refractivity contribution < 1.29 is 8.42 Å². The van der Waals surface area contributed by atoms with Gasteiger partial charge < -0.3 is 0 Å². The van der Waals surface area contributed by atoms with E-state index in [1.807, 2.05) is 0 Å². The van der Waals surface area contributed by atoms with Crippen LogP contribution in [0.3, 0.4) is 0 Å². The van der Waals surface area contributed by atoms with Crippen molar-refractivity contribution in [3.63, 3.8) is 0 Å².